The molecule has 1 aromatic heterocycles. The molecule has 1 aromatic carbocycles. The average Bonchev–Trinajstić information content (AvgIpc) is 3.08. The number of nitrogens with zero attached hydrogens (tertiary/aromatic N) is 5. The van der Waals surface area contributed by atoms with Crippen LogP contribution >= 0.6 is 11.6 Å². The molecule has 26 heavy (non-hydrogen) atoms. The number of ether oxygens (including phenoxy) is 1. The lowest BCUT2D eigenvalue weighted by Gasteiger charge is -2.25. The number of benzene rings is 1. The molecule has 3 rings (SSSR count). The second-order valence-electron chi connectivity index (χ2n) is 6.27. The first kappa shape index (κ1) is 18.8. The van der Waals surface area contributed by atoms with E-state index < -0.39 is 0 Å². The molecule has 1 aliphatic heterocycles. The van der Waals surface area contributed by atoms with Gasteiger partial charge in [0, 0.05) is 24.5 Å². The van der Waals surface area contributed by atoms with E-state index in [0.717, 1.165) is 37.7 Å². The number of tetrazole rings is 1. The fraction of sp³-hybridized carbons (Fsp3) is 0.529. The molecular weight excluding hydrogens is 356 g/mol. The second-order valence-corrected chi connectivity index (χ2v) is 6.67. The van der Waals surface area contributed by atoms with E-state index in [0.29, 0.717) is 24.5 Å². The topological polar surface area (TPSA) is 85.2 Å². The Morgan fingerprint density at radius 2 is 2.12 bits per heavy atom. The van der Waals surface area contributed by atoms with Crippen molar-refractivity contribution >= 4 is 17.5 Å². The number of nitrogens with one attached hydrogen (secondary N) is 1. The zero-order valence-electron chi connectivity index (χ0n) is 14.8. The number of carbonyl (C=O) groups excluding carboxylic acids is 1. The van der Waals surface area contributed by atoms with Crippen molar-refractivity contribution in [1.29, 1.82) is 0 Å². The number of carbonyl (C=O) groups is 1. The lowest BCUT2D eigenvalue weighted by molar-refractivity contribution is -0.122. The Morgan fingerprint density at radius 3 is 2.88 bits per heavy atom. The monoisotopic (exact) mass is 378 g/mol. The molecule has 1 N–H and O–H groups in total. The molecule has 1 fully saturated rings. The van der Waals surface area contributed by atoms with Gasteiger partial charge in [0.1, 0.15) is 0 Å². The van der Waals surface area contributed by atoms with Gasteiger partial charge < -0.3 is 10.1 Å². The van der Waals surface area contributed by atoms with Crippen molar-refractivity contribution in [2.24, 2.45) is 0 Å². The van der Waals surface area contributed by atoms with Gasteiger partial charge in [0.25, 0.3) is 0 Å². The van der Waals surface area contributed by atoms with Crippen molar-refractivity contribution in [2.45, 2.75) is 32.5 Å². The van der Waals surface area contributed by atoms with Gasteiger partial charge in [-0.1, -0.05) is 29.8 Å². The first-order chi connectivity index (χ1) is 12.6. The fourth-order valence-electron chi connectivity index (χ4n) is 2.89. The van der Waals surface area contributed by atoms with Crippen LogP contribution < -0.4 is 5.32 Å². The summed E-state index contributed by atoms with van der Waals surface area (Å²) in [6.45, 7) is 6.20. The van der Waals surface area contributed by atoms with Crippen molar-refractivity contribution in [3.63, 3.8) is 0 Å². The van der Waals surface area contributed by atoms with Gasteiger partial charge in [0.2, 0.25) is 5.91 Å². The highest BCUT2D eigenvalue weighted by Crippen LogP contribution is 2.22. The first-order valence-corrected chi connectivity index (χ1v) is 9.10. The van der Waals surface area contributed by atoms with Crippen LogP contribution in [0.2, 0.25) is 5.02 Å². The summed E-state index contributed by atoms with van der Waals surface area (Å²) >= 11 is 6.18. The summed E-state index contributed by atoms with van der Waals surface area (Å²) in [5.74, 6) is 0.698. The van der Waals surface area contributed by atoms with Crippen LogP contribution in [-0.4, -0.2) is 57.3 Å². The minimum absolute atomic E-state index is 0.0646. The van der Waals surface area contributed by atoms with E-state index >= 15 is 0 Å². The average molecular weight is 379 g/mol. The first-order valence-electron chi connectivity index (χ1n) is 8.72. The van der Waals surface area contributed by atoms with Crippen LogP contribution in [0.4, 0.5) is 0 Å². The summed E-state index contributed by atoms with van der Waals surface area (Å²) in [4.78, 5) is 14.5. The number of hydrogen-bond donors (Lipinski definition) is 1. The molecule has 1 saturated heterocycles. The van der Waals surface area contributed by atoms with Gasteiger partial charge in [-0.15, -0.1) is 5.10 Å². The predicted molar refractivity (Wildman–Crippen MR) is 96.5 cm³/mol. The van der Waals surface area contributed by atoms with E-state index in [2.05, 4.69) is 25.7 Å². The van der Waals surface area contributed by atoms with Crippen molar-refractivity contribution in [2.75, 3.05) is 26.3 Å². The molecule has 0 saturated carbocycles. The van der Waals surface area contributed by atoms with Crippen molar-refractivity contribution in [1.82, 2.24) is 30.4 Å². The van der Waals surface area contributed by atoms with Crippen LogP contribution in [0, 0.1) is 0 Å². The number of hydrogen-bond acceptors (Lipinski definition) is 6. The molecule has 0 radical (unpaired) electrons. The Morgan fingerprint density at radius 1 is 1.35 bits per heavy atom. The predicted octanol–water partition coefficient (Wildman–Crippen LogP) is 1.43. The number of rotatable bonds is 7. The number of morpholine rings is 1. The molecule has 2 aromatic rings. The van der Waals surface area contributed by atoms with Gasteiger partial charge in [0.15, 0.2) is 5.82 Å². The normalized spacial score (nSPS) is 16.4. The third kappa shape index (κ3) is 5.00. The zero-order valence-corrected chi connectivity index (χ0v) is 15.5. The SMILES string of the molecule is CC(NC(=O)CCn1nnnc1CN1CCOCC1)c1ccccc1Cl. The maximum absolute atomic E-state index is 12.3. The van der Waals surface area contributed by atoms with Crippen LogP contribution in [0.15, 0.2) is 24.3 Å². The van der Waals surface area contributed by atoms with Crippen LogP contribution in [0.5, 0.6) is 0 Å². The Bertz CT molecular complexity index is 732. The standard InChI is InChI=1S/C17H23ClN6O2/c1-13(14-4-2-3-5-15(14)18)19-17(25)6-7-24-16(20-21-22-24)12-23-8-10-26-11-9-23/h2-5,13H,6-12H2,1H3,(H,19,25). The summed E-state index contributed by atoms with van der Waals surface area (Å²) in [6, 6.07) is 7.35. The Balaban J connectivity index is 1.50. The van der Waals surface area contributed by atoms with Gasteiger partial charge >= 0.3 is 0 Å². The molecule has 9 heteroatoms. The maximum Gasteiger partial charge on any atom is 0.222 e. The number of aromatic nitrogens is 4. The van der Waals surface area contributed by atoms with Gasteiger partial charge in [-0.2, -0.15) is 0 Å². The van der Waals surface area contributed by atoms with Crippen molar-refractivity contribution in [3.05, 3.63) is 40.7 Å². The van der Waals surface area contributed by atoms with Crippen LogP contribution in [0.3, 0.4) is 0 Å². The fourth-order valence-corrected chi connectivity index (χ4v) is 3.19. The van der Waals surface area contributed by atoms with E-state index in [1.54, 1.807) is 4.68 Å². The van der Waals surface area contributed by atoms with Crippen molar-refractivity contribution in [3.8, 4) is 0 Å². The molecular formula is C17H23ClN6O2. The van der Waals surface area contributed by atoms with Gasteiger partial charge in [-0.05, 0) is 29.0 Å². The molecule has 0 spiro atoms. The van der Waals surface area contributed by atoms with Crippen LogP contribution in [-0.2, 0) is 22.6 Å². The summed E-state index contributed by atoms with van der Waals surface area (Å²) in [7, 11) is 0. The molecule has 1 amide bonds. The van der Waals surface area contributed by atoms with E-state index in [4.69, 9.17) is 16.3 Å². The van der Waals surface area contributed by atoms with Gasteiger partial charge in [0.05, 0.1) is 32.3 Å². The summed E-state index contributed by atoms with van der Waals surface area (Å²) in [6.07, 6.45) is 0.302. The quantitative estimate of drug-likeness (QED) is 0.784. The Kier molecular flexibility index (Phi) is 6.54. The van der Waals surface area contributed by atoms with E-state index in [1.807, 2.05) is 31.2 Å². The molecule has 140 valence electrons. The number of aryl methyl sites for hydroxylation is 1. The number of amides is 1. The molecule has 1 aliphatic rings. The molecule has 0 bridgehead atoms. The summed E-state index contributed by atoms with van der Waals surface area (Å²) < 4.78 is 7.04. The molecule has 0 aliphatic carbocycles. The largest absolute Gasteiger partial charge is 0.379 e. The van der Waals surface area contributed by atoms with Crippen molar-refractivity contribution < 1.29 is 9.53 Å². The zero-order chi connectivity index (χ0) is 18.4. The van der Waals surface area contributed by atoms with E-state index in [9.17, 15) is 4.79 Å². The summed E-state index contributed by atoms with van der Waals surface area (Å²) in [5.41, 5.74) is 0.901. The summed E-state index contributed by atoms with van der Waals surface area (Å²) in [5, 5.41) is 15.4. The van der Waals surface area contributed by atoms with Gasteiger partial charge in [-0.25, -0.2) is 4.68 Å². The smallest absolute Gasteiger partial charge is 0.222 e. The molecule has 1 atom stereocenters. The second kappa shape index (κ2) is 9.07. The van der Waals surface area contributed by atoms with Crippen LogP contribution in [0.25, 0.3) is 0 Å². The van der Waals surface area contributed by atoms with E-state index in [-0.39, 0.29) is 11.9 Å². The molecule has 2 heterocycles. The lowest BCUT2D eigenvalue weighted by Crippen LogP contribution is -2.36. The minimum Gasteiger partial charge on any atom is -0.379 e. The Hall–Kier alpha value is -2.03. The van der Waals surface area contributed by atoms with Gasteiger partial charge in [-0.3, -0.25) is 9.69 Å². The maximum atomic E-state index is 12.3. The Labute approximate surface area is 157 Å². The highest BCUT2D eigenvalue weighted by Gasteiger charge is 2.16. The molecule has 1 unspecified atom stereocenters. The highest BCUT2D eigenvalue weighted by molar-refractivity contribution is 6.31. The van der Waals surface area contributed by atoms with Crippen LogP contribution in [0.1, 0.15) is 30.8 Å². The number of halogens is 1. The van der Waals surface area contributed by atoms with E-state index in [1.165, 1.54) is 0 Å². The third-order valence-corrected chi connectivity index (χ3v) is 4.72. The third-order valence-electron chi connectivity index (χ3n) is 4.37. The molecule has 8 nitrogen and oxygen atoms in total. The highest BCUT2D eigenvalue weighted by atomic mass is 35.5. The lowest BCUT2D eigenvalue weighted by atomic mass is 10.1. The minimum atomic E-state index is -0.155.